The molecule has 4 aliphatic rings. The van der Waals surface area contributed by atoms with Gasteiger partial charge in [0.1, 0.15) is 23.6 Å². The number of nitrogens with zero attached hydrogens (tertiary/aromatic N) is 2. The highest BCUT2D eigenvalue weighted by Crippen LogP contribution is 2.54. The molecule has 7 N–H and O–H groups in total. The Kier molecular flexibility index (Phi) is 7.82. The van der Waals surface area contributed by atoms with Crippen LogP contribution in [-0.4, -0.2) is 99.2 Å². The molecule has 0 unspecified atom stereocenters. The molecule has 0 radical (unpaired) electrons. The number of Topliss-reactive ketones (excluding diaryl/α,β-unsaturated/α-hetero) is 2. The summed E-state index contributed by atoms with van der Waals surface area (Å²) in [5.41, 5.74) is 2.41. The Balaban J connectivity index is 1.47. The summed E-state index contributed by atoms with van der Waals surface area (Å²) in [6.07, 6.45) is 1.86. The smallest absolute Gasteiger partial charge is 0.255 e. The van der Waals surface area contributed by atoms with Crippen LogP contribution in [-0.2, 0) is 25.6 Å². The Bertz CT molecular complexity index is 1680. The molecular weight excluding hydrogens is 604 g/mol. The first kappa shape index (κ1) is 30.9. The van der Waals surface area contributed by atoms with Crippen LogP contribution in [0.2, 0.25) is 0 Å². The average Bonchev–Trinajstić information content (AvgIpc) is 3.51. The number of aromatic hydroxyl groups is 1. The lowest BCUT2D eigenvalue weighted by Crippen LogP contribution is -2.63. The number of ketones is 2. The predicted molar refractivity (Wildman–Crippen MR) is 162 cm³/mol. The summed E-state index contributed by atoms with van der Waals surface area (Å²) in [6.45, 7) is 0.966. The fourth-order valence-electron chi connectivity index (χ4n) is 7.19. The topological polar surface area (TPSA) is 203 Å². The van der Waals surface area contributed by atoms with Crippen LogP contribution in [0.5, 0.6) is 5.75 Å². The van der Waals surface area contributed by atoms with Crippen molar-refractivity contribution in [2.24, 2.45) is 17.6 Å². The lowest BCUT2D eigenvalue weighted by molar-refractivity contribution is -0.182. The zero-order chi connectivity index (χ0) is 32.4. The molecule has 2 heterocycles. The number of rotatable bonds is 6. The number of carbonyl (C=O) groups is 4. The number of aliphatic hydroxyl groups excluding tert-OH is 2. The summed E-state index contributed by atoms with van der Waals surface area (Å²) in [5, 5.41) is 51.9. The number of anilines is 1. The summed E-state index contributed by atoms with van der Waals surface area (Å²) in [6, 6.07) is 4.19. The average molecular weight is 639 g/mol. The van der Waals surface area contributed by atoms with E-state index in [0.29, 0.717) is 24.3 Å². The zero-order valence-corrected chi connectivity index (χ0v) is 25.5. The van der Waals surface area contributed by atoms with Gasteiger partial charge in [0.2, 0.25) is 11.7 Å². The van der Waals surface area contributed by atoms with E-state index in [1.165, 1.54) is 21.3 Å². The quantitative estimate of drug-likeness (QED) is 0.199. The van der Waals surface area contributed by atoms with Crippen LogP contribution in [0, 0.1) is 11.8 Å². The second kappa shape index (κ2) is 11.4. The van der Waals surface area contributed by atoms with Crippen molar-refractivity contribution >= 4 is 40.4 Å². The van der Waals surface area contributed by atoms with Gasteiger partial charge in [0.25, 0.3) is 5.91 Å². The number of hydrogen-bond donors (Lipinski definition) is 6. The van der Waals surface area contributed by atoms with Crippen molar-refractivity contribution < 1.29 is 44.4 Å². The number of primary amides is 1. The zero-order valence-electron chi connectivity index (χ0n) is 24.7. The van der Waals surface area contributed by atoms with Gasteiger partial charge in [-0.25, -0.2) is 0 Å². The van der Waals surface area contributed by atoms with Crippen molar-refractivity contribution in [3.05, 3.63) is 57.4 Å². The molecule has 6 rings (SSSR count). The number of thiophene rings is 1. The van der Waals surface area contributed by atoms with E-state index in [-0.39, 0.29) is 36.2 Å². The van der Waals surface area contributed by atoms with Gasteiger partial charge in [-0.3, -0.25) is 28.9 Å². The summed E-state index contributed by atoms with van der Waals surface area (Å²) in [4.78, 5) is 60.8. The van der Waals surface area contributed by atoms with E-state index in [9.17, 15) is 39.6 Å². The van der Waals surface area contributed by atoms with Crippen molar-refractivity contribution in [3.63, 3.8) is 0 Å². The lowest BCUT2D eigenvalue weighted by Gasteiger charge is -2.50. The van der Waals surface area contributed by atoms with Crippen molar-refractivity contribution in [3.8, 4) is 16.2 Å². The number of amides is 2. The number of nitrogens with one attached hydrogen (secondary N) is 1. The highest BCUT2D eigenvalue weighted by Gasteiger charge is 2.63. The maximum absolute atomic E-state index is 14.3. The third-order valence-corrected chi connectivity index (χ3v) is 10.1. The molecule has 3 aliphatic carbocycles. The monoisotopic (exact) mass is 638 g/mol. The molecule has 1 aromatic heterocycles. The van der Waals surface area contributed by atoms with Crippen LogP contribution in [0.4, 0.5) is 5.69 Å². The Labute approximate surface area is 262 Å². The number of fused-ring (bicyclic) bond motifs is 3. The van der Waals surface area contributed by atoms with Crippen LogP contribution < -0.4 is 11.1 Å². The number of likely N-dealkylation sites (N-methyl/N-ethyl adjacent to an activating group) is 1. The summed E-state index contributed by atoms with van der Waals surface area (Å²) in [7, 11) is 3.15. The Morgan fingerprint density at radius 1 is 1.22 bits per heavy atom. The van der Waals surface area contributed by atoms with Crippen LogP contribution in [0.25, 0.3) is 10.4 Å². The van der Waals surface area contributed by atoms with Crippen molar-refractivity contribution in [2.45, 2.75) is 37.3 Å². The van der Waals surface area contributed by atoms with Crippen LogP contribution >= 0.6 is 11.3 Å². The van der Waals surface area contributed by atoms with Gasteiger partial charge in [-0.15, -0.1) is 11.3 Å². The highest BCUT2D eigenvalue weighted by atomic mass is 32.1. The summed E-state index contributed by atoms with van der Waals surface area (Å²) >= 11 is 1.40. The minimum atomic E-state index is -2.74. The first-order chi connectivity index (χ1) is 21.4. The van der Waals surface area contributed by atoms with Gasteiger partial charge in [0.15, 0.2) is 17.1 Å². The van der Waals surface area contributed by atoms with E-state index < -0.39 is 69.7 Å². The second-order valence-electron chi connectivity index (χ2n) is 12.1. The Morgan fingerprint density at radius 3 is 2.60 bits per heavy atom. The van der Waals surface area contributed by atoms with Gasteiger partial charge in [0, 0.05) is 22.9 Å². The molecule has 1 saturated heterocycles. The maximum Gasteiger partial charge on any atom is 0.255 e. The molecule has 238 valence electrons. The largest absolute Gasteiger partial charge is 0.510 e. The minimum absolute atomic E-state index is 0.0231. The number of aliphatic hydroxyl groups is 3. The number of benzene rings is 1. The predicted octanol–water partition coefficient (Wildman–Crippen LogP) is 1.82. The van der Waals surface area contributed by atoms with E-state index in [2.05, 4.69) is 5.32 Å². The number of hydroxylamine groups is 2. The molecule has 13 nitrogen and oxygen atoms in total. The van der Waals surface area contributed by atoms with E-state index in [4.69, 9.17) is 10.6 Å². The molecule has 0 bridgehead atoms. The molecule has 1 fully saturated rings. The van der Waals surface area contributed by atoms with Gasteiger partial charge < -0.3 is 31.5 Å². The van der Waals surface area contributed by atoms with E-state index in [1.54, 1.807) is 20.2 Å². The molecule has 2 amide bonds. The molecule has 2 aromatic rings. The van der Waals surface area contributed by atoms with Crippen LogP contribution in [0.1, 0.15) is 35.2 Å². The summed E-state index contributed by atoms with van der Waals surface area (Å²) < 4.78 is 0. The van der Waals surface area contributed by atoms with Gasteiger partial charge in [-0.1, -0.05) is 6.07 Å². The number of phenolic OH excluding ortho intramolecular Hbond substituents is 1. The molecule has 0 spiro atoms. The fraction of sp³-hybridized carbons (Fsp3) is 0.419. The van der Waals surface area contributed by atoms with Crippen molar-refractivity contribution in [1.82, 2.24) is 9.96 Å². The summed E-state index contributed by atoms with van der Waals surface area (Å²) in [5.74, 6) is -7.83. The number of allylic oxidation sites excluding steroid dienone is 1. The highest BCUT2D eigenvalue weighted by molar-refractivity contribution is 7.13. The number of phenols is 1. The molecule has 4 atom stereocenters. The number of hydrogen-bond acceptors (Lipinski definition) is 12. The van der Waals surface area contributed by atoms with Crippen molar-refractivity contribution in [1.29, 1.82) is 0 Å². The van der Waals surface area contributed by atoms with Crippen LogP contribution in [0.3, 0.4) is 0 Å². The fourth-order valence-corrected chi connectivity index (χ4v) is 7.96. The van der Waals surface area contributed by atoms with Crippen LogP contribution in [0.15, 0.2) is 46.2 Å². The SMILES string of the molecule is CN(C)[C@@H]1C(O)=C(C(N)=O)C(=O)[C@@]2(O)C(O)=C3C(=O)c4c(O)c(NC(=O)CN5CCCCO5)cc(-c5cccs5)c4C[C@H]3C[C@@H]12. The Hall–Kier alpha value is -4.08. The maximum atomic E-state index is 14.3. The second-order valence-corrected chi connectivity index (χ2v) is 13.0. The molecule has 1 aliphatic heterocycles. The molecule has 45 heavy (non-hydrogen) atoms. The first-order valence-electron chi connectivity index (χ1n) is 14.6. The number of nitrogens with two attached hydrogens (primary N) is 1. The van der Waals surface area contributed by atoms with E-state index in [1.807, 2.05) is 17.5 Å². The molecule has 1 aromatic carbocycles. The van der Waals surface area contributed by atoms with E-state index >= 15 is 0 Å². The van der Waals surface area contributed by atoms with Gasteiger partial charge in [0.05, 0.1) is 23.9 Å². The van der Waals surface area contributed by atoms with Gasteiger partial charge in [-0.05, 0) is 74.3 Å². The minimum Gasteiger partial charge on any atom is -0.510 e. The van der Waals surface area contributed by atoms with Crippen molar-refractivity contribution in [2.75, 3.05) is 39.1 Å². The Morgan fingerprint density at radius 2 is 1.98 bits per heavy atom. The van der Waals surface area contributed by atoms with Gasteiger partial charge in [-0.2, -0.15) is 5.06 Å². The third kappa shape index (κ3) is 4.84. The number of carbonyl (C=O) groups excluding carboxylic acids is 4. The molecule has 0 saturated carbocycles. The van der Waals surface area contributed by atoms with Gasteiger partial charge >= 0.3 is 0 Å². The third-order valence-electron chi connectivity index (χ3n) is 9.18. The normalized spacial score (nSPS) is 26.9. The first-order valence-corrected chi connectivity index (χ1v) is 15.5. The molecular formula is C31H34N4O9S. The molecule has 14 heteroatoms. The standard InChI is InChI=1S/C31H34N4O9S/c1-34(2)24-17-11-14-10-16-15(19-6-5-9-45-19)12-18(33-20(36)13-35-7-3-4-8-44-35)25(37)22(16)26(38)21(14)28(40)31(17,43)29(41)23(27(24)39)30(32)42/h5-6,9,12,14,17,24,37,39-40,43H,3-4,7-8,10-11,13H2,1-2H3,(H2,32,42)(H,33,36)/t14-,17-,24-,31-/m0/s1. The lowest BCUT2D eigenvalue weighted by atomic mass is 9.58. The van der Waals surface area contributed by atoms with E-state index in [0.717, 1.165) is 17.7 Å².